The van der Waals surface area contributed by atoms with Crippen LogP contribution < -0.4 is 5.06 Å². The quantitative estimate of drug-likeness (QED) is 0.363. The molecule has 4 rings (SSSR count). The van der Waals surface area contributed by atoms with Crippen molar-refractivity contribution in [2.75, 3.05) is 7.05 Å². The minimum atomic E-state index is -0.766. The van der Waals surface area contributed by atoms with Gasteiger partial charge in [0, 0.05) is 18.9 Å². The molecule has 0 spiro atoms. The summed E-state index contributed by atoms with van der Waals surface area (Å²) >= 11 is 0. The Bertz CT molecular complexity index is 1100. The third-order valence-electron chi connectivity index (χ3n) is 6.53. The van der Waals surface area contributed by atoms with Crippen LogP contribution in [-0.2, 0) is 28.8 Å². The maximum Gasteiger partial charge on any atom is 0.338 e. The van der Waals surface area contributed by atoms with E-state index in [4.69, 9.17) is 4.74 Å². The Kier molecular flexibility index (Phi) is 7.46. The van der Waals surface area contributed by atoms with Crippen molar-refractivity contribution in [2.24, 2.45) is 0 Å². The van der Waals surface area contributed by atoms with E-state index in [1.54, 1.807) is 18.2 Å². The van der Waals surface area contributed by atoms with Crippen LogP contribution in [-0.4, -0.2) is 23.7 Å². The molecule has 5 heteroatoms. The highest BCUT2D eigenvalue weighted by Crippen LogP contribution is 2.37. The molecule has 1 unspecified atom stereocenters. The third kappa shape index (κ3) is 5.93. The van der Waals surface area contributed by atoms with Gasteiger partial charge in [0.15, 0.2) is 0 Å². The number of carbonyl (C=O) groups is 1. The number of hydrogen-bond acceptors (Lipinski definition) is 4. The van der Waals surface area contributed by atoms with Gasteiger partial charge >= 0.3 is 5.97 Å². The van der Waals surface area contributed by atoms with Gasteiger partial charge in [-0.3, -0.25) is 0 Å². The molecule has 1 aliphatic heterocycles. The Hall–Kier alpha value is -3.41. The van der Waals surface area contributed by atoms with Gasteiger partial charge < -0.3 is 20.1 Å². The summed E-state index contributed by atoms with van der Waals surface area (Å²) < 4.78 is 6.13. The number of quaternary nitrogens is 1. The highest BCUT2D eigenvalue weighted by atomic mass is 16.6. The Morgan fingerprint density at radius 2 is 1.44 bits per heavy atom. The fraction of sp³-hybridized carbons (Fsp3) is 0.276. The van der Waals surface area contributed by atoms with Crippen LogP contribution in [0.4, 0.5) is 5.69 Å². The second-order valence-electron chi connectivity index (χ2n) is 9.08. The zero-order chi connectivity index (χ0) is 24.0. The van der Waals surface area contributed by atoms with Crippen molar-refractivity contribution in [3.8, 4) is 0 Å². The van der Waals surface area contributed by atoms with E-state index in [1.807, 2.05) is 42.5 Å². The third-order valence-corrected chi connectivity index (χ3v) is 6.53. The molecule has 176 valence electrons. The number of carbonyl (C=O) groups excluding carboxylic acids is 1. The lowest BCUT2D eigenvalue weighted by Gasteiger charge is -2.37. The van der Waals surface area contributed by atoms with Gasteiger partial charge in [0.05, 0.1) is 12.6 Å². The Morgan fingerprint density at radius 3 is 1.97 bits per heavy atom. The predicted octanol–water partition coefficient (Wildman–Crippen LogP) is 4.64. The van der Waals surface area contributed by atoms with Crippen molar-refractivity contribution in [3.05, 3.63) is 118 Å². The summed E-state index contributed by atoms with van der Waals surface area (Å²) in [6, 6.07) is 27.4. The summed E-state index contributed by atoms with van der Waals surface area (Å²) in [4.78, 5) is 13.2. The fourth-order valence-electron chi connectivity index (χ4n) is 4.54. The molecule has 0 aromatic heterocycles. The smallest absolute Gasteiger partial charge is 0.338 e. The van der Waals surface area contributed by atoms with Gasteiger partial charge in [-0.05, 0) is 48.4 Å². The number of nitrogens with one attached hydrogen (secondary N) is 1. The molecule has 0 aliphatic carbocycles. The molecular weight excluding hydrogens is 426 g/mol. The number of rotatable bonds is 9. The Labute approximate surface area is 200 Å². The average Bonchev–Trinajstić information content (AvgIpc) is 2.85. The molecule has 1 aliphatic rings. The topological polar surface area (TPSA) is 74.0 Å². The predicted molar refractivity (Wildman–Crippen MR) is 133 cm³/mol. The van der Waals surface area contributed by atoms with Crippen molar-refractivity contribution in [2.45, 2.75) is 44.1 Å². The summed E-state index contributed by atoms with van der Waals surface area (Å²) in [6.45, 7) is 0. The van der Waals surface area contributed by atoms with Gasteiger partial charge in [-0.2, -0.15) is 0 Å². The van der Waals surface area contributed by atoms with Crippen LogP contribution in [0.1, 0.15) is 36.0 Å². The van der Waals surface area contributed by atoms with E-state index in [0.29, 0.717) is 24.9 Å². The summed E-state index contributed by atoms with van der Waals surface area (Å²) in [5.41, 5.74) is 3.24. The van der Waals surface area contributed by atoms with Crippen molar-refractivity contribution in [1.29, 1.82) is 0 Å². The largest absolute Gasteiger partial charge is 0.629 e. The van der Waals surface area contributed by atoms with E-state index in [1.165, 1.54) is 18.2 Å². The number of aryl methyl sites for hydroxylation is 2. The van der Waals surface area contributed by atoms with E-state index in [-0.39, 0.29) is 22.8 Å². The van der Waals surface area contributed by atoms with E-state index in [0.717, 1.165) is 18.4 Å². The normalized spacial score (nSPS) is 16.2. The SMILES string of the molecule is C[NH+]([O-])c1cccc(CC2=C(O)CC(CCc3ccccc3)(CCc3ccccc3)OC2=O)c1. The molecular formula is C29H31NO4. The van der Waals surface area contributed by atoms with Crippen molar-refractivity contribution < 1.29 is 19.7 Å². The zero-order valence-electron chi connectivity index (χ0n) is 19.5. The summed E-state index contributed by atoms with van der Waals surface area (Å²) in [5.74, 6) is -0.385. The Morgan fingerprint density at radius 1 is 0.882 bits per heavy atom. The lowest BCUT2D eigenvalue weighted by atomic mass is 9.82. The molecule has 1 atom stereocenters. The van der Waals surface area contributed by atoms with Gasteiger partial charge in [0.1, 0.15) is 17.0 Å². The average molecular weight is 458 g/mol. The first-order valence-corrected chi connectivity index (χ1v) is 11.8. The molecule has 0 amide bonds. The number of aliphatic hydroxyl groups excluding tert-OH is 1. The Balaban J connectivity index is 1.56. The number of esters is 1. The first kappa shape index (κ1) is 23.7. The lowest BCUT2D eigenvalue weighted by molar-refractivity contribution is -0.751. The summed E-state index contributed by atoms with van der Waals surface area (Å²) in [5, 5.41) is 22.7. The number of hydrogen-bond donors (Lipinski definition) is 2. The molecule has 1 heterocycles. The molecule has 3 aromatic carbocycles. The van der Waals surface area contributed by atoms with Crippen LogP contribution >= 0.6 is 0 Å². The number of cyclic esters (lactones) is 1. The highest BCUT2D eigenvalue weighted by Gasteiger charge is 2.41. The maximum absolute atomic E-state index is 13.2. The van der Waals surface area contributed by atoms with Crippen LogP contribution in [0.3, 0.4) is 0 Å². The number of ether oxygens (including phenoxy) is 1. The minimum absolute atomic E-state index is 0.0351. The van der Waals surface area contributed by atoms with Gasteiger partial charge in [-0.25, -0.2) is 4.79 Å². The van der Waals surface area contributed by atoms with Gasteiger partial charge in [0.25, 0.3) is 0 Å². The number of benzene rings is 3. The molecule has 5 nitrogen and oxygen atoms in total. The van der Waals surface area contributed by atoms with Crippen LogP contribution in [0.15, 0.2) is 96.3 Å². The molecule has 0 radical (unpaired) electrons. The standard InChI is InChI=1S/C29H31NO4/c1-30(33)25-14-8-13-24(19-25)20-26-27(31)21-29(34-28(26)32,17-15-22-9-4-2-5-10-22)18-16-23-11-6-3-7-12-23/h2-14,19,30-31H,15-18,20-21H2,1H3. The molecule has 34 heavy (non-hydrogen) atoms. The monoisotopic (exact) mass is 457 g/mol. The van der Waals surface area contributed by atoms with Gasteiger partial charge in [-0.15, -0.1) is 0 Å². The minimum Gasteiger partial charge on any atom is -0.629 e. The van der Waals surface area contributed by atoms with E-state index in [2.05, 4.69) is 24.3 Å². The second-order valence-corrected chi connectivity index (χ2v) is 9.08. The second kappa shape index (κ2) is 10.7. The fourth-order valence-corrected chi connectivity index (χ4v) is 4.54. The van der Waals surface area contributed by atoms with Crippen LogP contribution in [0, 0.1) is 5.21 Å². The van der Waals surface area contributed by atoms with Crippen LogP contribution in [0.5, 0.6) is 0 Å². The highest BCUT2D eigenvalue weighted by molar-refractivity contribution is 5.90. The lowest BCUT2D eigenvalue weighted by Crippen LogP contribution is -2.98. The summed E-state index contributed by atoms with van der Waals surface area (Å²) in [7, 11) is 1.51. The van der Waals surface area contributed by atoms with Crippen molar-refractivity contribution >= 4 is 11.7 Å². The van der Waals surface area contributed by atoms with Crippen LogP contribution in [0.25, 0.3) is 0 Å². The molecule has 0 bridgehead atoms. The van der Waals surface area contributed by atoms with Crippen molar-refractivity contribution in [1.82, 2.24) is 0 Å². The zero-order valence-corrected chi connectivity index (χ0v) is 19.5. The van der Waals surface area contributed by atoms with Crippen LogP contribution in [0.2, 0.25) is 0 Å². The molecule has 3 aromatic rings. The molecule has 2 N–H and O–H groups in total. The van der Waals surface area contributed by atoms with E-state index < -0.39 is 11.6 Å². The first-order chi connectivity index (χ1) is 16.4. The molecule has 0 saturated carbocycles. The van der Waals surface area contributed by atoms with Gasteiger partial charge in [-0.1, -0.05) is 72.8 Å². The van der Waals surface area contributed by atoms with E-state index >= 15 is 0 Å². The maximum atomic E-state index is 13.2. The molecule has 0 saturated heterocycles. The number of aliphatic hydroxyl groups is 1. The first-order valence-electron chi connectivity index (χ1n) is 11.8. The molecule has 0 fully saturated rings. The van der Waals surface area contributed by atoms with E-state index in [9.17, 15) is 15.1 Å². The number of hydroxylamine groups is 1. The van der Waals surface area contributed by atoms with Gasteiger partial charge in [0.2, 0.25) is 0 Å². The summed E-state index contributed by atoms with van der Waals surface area (Å²) in [6.07, 6.45) is 3.30. The van der Waals surface area contributed by atoms with Crippen molar-refractivity contribution in [3.63, 3.8) is 0 Å².